The maximum Gasteiger partial charge on any atom is 0.115 e. The Balaban J connectivity index is 2.02. The van der Waals surface area contributed by atoms with Crippen molar-refractivity contribution in [2.75, 3.05) is 11.9 Å². The number of aromatic nitrogens is 2. The number of rotatable bonds is 5. The van der Waals surface area contributed by atoms with Gasteiger partial charge in [0, 0.05) is 30.4 Å². The van der Waals surface area contributed by atoms with E-state index in [1.807, 2.05) is 30.5 Å². The van der Waals surface area contributed by atoms with Crippen molar-refractivity contribution in [3.8, 4) is 0 Å². The van der Waals surface area contributed by atoms with Gasteiger partial charge in [0.05, 0.1) is 10.7 Å². The summed E-state index contributed by atoms with van der Waals surface area (Å²) in [5.74, 6) is 0.760. The number of pyridine rings is 2. The van der Waals surface area contributed by atoms with E-state index in [0.29, 0.717) is 5.02 Å². The molecule has 5 heteroatoms. The van der Waals surface area contributed by atoms with Crippen molar-refractivity contribution < 1.29 is 0 Å². The lowest BCUT2D eigenvalue weighted by Crippen LogP contribution is -1.98. The van der Waals surface area contributed by atoms with Crippen LogP contribution in [-0.2, 0) is 5.75 Å². The molecule has 2 aromatic rings. The Bertz CT molecular complexity index is 519. The number of thioether (sulfide) groups is 1. The first-order valence-electron chi connectivity index (χ1n) is 5.71. The maximum atomic E-state index is 6.06. The summed E-state index contributed by atoms with van der Waals surface area (Å²) in [5, 5.41) is 4.79. The third kappa shape index (κ3) is 3.62. The maximum absolute atomic E-state index is 6.06. The summed E-state index contributed by atoms with van der Waals surface area (Å²) in [7, 11) is 0. The SMILES string of the molecule is CCNc1ccnc(CSc2ncccc2Cl)c1. The number of nitrogens with zero attached hydrogens (tertiary/aromatic N) is 2. The molecule has 0 atom stereocenters. The van der Waals surface area contributed by atoms with Gasteiger partial charge in [-0.3, -0.25) is 4.98 Å². The standard InChI is InChI=1S/C13H14ClN3S/c1-2-15-10-5-7-16-11(8-10)9-18-13-12(14)4-3-6-17-13/h3-8H,2,9H2,1H3,(H,15,16). The van der Waals surface area contributed by atoms with Gasteiger partial charge >= 0.3 is 0 Å². The minimum absolute atomic E-state index is 0.685. The van der Waals surface area contributed by atoms with E-state index in [-0.39, 0.29) is 0 Å². The highest BCUT2D eigenvalue weighted by atomic mass is 35.5. The number of hydrogen-bond donors (Lipinski definition) is 1. The van der Waals surface area contributed by atoms with Gasteiger partial charge < -0.3 is 5.32 Å². The van der Waals surface area contributed by atoms with E-state index in [4.69, 9.17) is 11.6 Å². The molecule has 2 aromatic heterocycles. The van der Waals surface area contributed by atoms with Gasteiger partial charge in [0.2, 0.25) is 0 Å². The lowest BCUT2D eigenvalue weighted by atomic mass is 10.3. The molecule has 0 aromatic carbocycles. The minimum Gasteiger partial charge on any atom is -0.385 e. The highest BCUT2D eigenvalue weighted by Gasteiger charge is 2.03. The summed E-state index contributed by atoms with van der Waals surface area (Å²) >= 11 is 7.65. The normalized spacial score (nSPS) is 10.3. The van der Waals surface area contributed by atoms with Crippen LogP contribution in [0.15, 0.2) is 41.7 Å². The van der Waals surface area contributed by atoms with Crippen LogP contribution < -0.4 is 5.32 Å². The first kappa shape index (κ1) is 13.2. The fourth-order valence-corrected chi connectivity index (χ4v) is 2.56. The number of nitrogens with one attached hydrogen (secondary N) is 1. The van der Waals surface area contributed by atoms with Gasteiger partial charge in [0.15, 0.2) is 0 Å². The van der Waals surface area contributed by atoms with Crippen LogP contribution in [0.2, 0.25) is 5.02 Å². The topological polar surface area (TPSA) is 37.8 Å². The molecule has 0 saturated carbocycles. The van der Waals surface area contributed by atoms with Crippen LogP contribution in [0.3, 0.4) is 0 Å². The van der Waals surface area contributed by atoms with Crippen molar-refractivity contribution >= 4 is 29.1 Å². The lowest BCUT2D eigenvalue weighted by Gasteiger charge is -2.06. The van der Waals surface area contributed by atoms with Crippen LogP contribution in [0.4, 0.5) is 5.69 Å². The third-order valence-electron chi connectivity index (χ3n) is 2.28. The van der Waals surface area contributed by atoms with E-state index < -0.39 is 0 Å². The van der Waals surface area contributed by atoms with Crippen molar-refractivity contribution in [3.63, 3.8) is 0 Å². The highest BCUT2D eigenvalue weighted by Crippen LogP contribution is 2.27. The Morgan fingerprint density at radius 3 is 2.94 bits per heavy atom. The number of halogens is 1. The van der Waals surface area contributed by atoms with Gasteiger partial charge in [0.1, 0.15) is 5.03 Å². The van der Waals surface area contributed by atoms with Crippen molar-refractivity contribution in [3.05, 3.63) is 47.4 Å². The van der Waals surface area contributed by atoms with E-state index in [0.717, 1.165) is 28.7 Å². The third-order valence-corrected chi connectivity index (χ3v) is 3.73. The molecule has 0 saturated heterocycles. The van der Waals surface area contributed by atoms with Gasteiger partial charge in [-0.2, -0.15) is 0 Å². The Kier molecular flexibility index (Phi) is 4.84. The van der Waals surface area contributed by atoms with Crippen LogP contribution in [0.25, 0.3) is 0 Å². The monoisotopic (exact) mass is 279 g/mol. The summed E-state index contributed by atoms with van der Waals surface area (Å²) in [6.45, 7) is 2.98. The van der Waals surface area contributed by atoms with Crippen LogP contribution in [0.1, 0.15) is 12.6 Å². The van der Waals surface area contributed by atoms with E-state index in [1.54, 1.807) is 18.0 Å². The van der Waals surface area contributed by atoms with Gasteiger partial charge in [-0.05, 0) is 31.2 Å². The quantitative estimate of drug-likeness (QED) is 0.844. The van der Waals surface area contributed by atoms with Gasteiger partial charge in [-0.25, -0.2) is 4.98 Å². The summed E-state index contributed by atoms with van der Waals surface area (Å²) in [6, 6.07) is 7.69. The summed E-state index contributed by atoms with van der Waals surface area (Å²) in [6.07, 6.45) is 3.56. The average Bonchev–Trinajstić information content (AvgIpc) is 2.39. The van der Waals surface area contributed by atoms with Gasteiger partial charge in [-0.15, -0.1) is 0 Å². The Labute approximate surface area is 116 Å². The molecule has 1 N–H and O–H groups in total. The van der Waals surface area contributed by atoms with E-state index in [9.17, 15) is 0 Å². The molecule has 3 nitrogen and oxygen atoms in total. The molecule has 18 heavy (non-hydrogen) atoms. The summed E-state index contributed by atoms with van der Waals surface area (Å²) in [5.41, 5.74) is 2.11. The second-order valence-corrected chi connectivity index (χ2v) is 5.02. The van der Waals surface area contributed by atoms with Crippen molar-refractivity contribution in [1.82, 2.24) is 9.97 Å². The molecule has 2 rings (SSSR count). The lowest BCUT2D eigenvalue weighted by molar-refractivity contribution is 1.11. The average molecular weight is 280 g/mol. The molecule has 0 aliphatic carbocycles. The molecule has 0 bridgehead atoms. The van der Waals surface area contributed by atoms with E-state index >= 15 is 0 Å². The molecular formula is C13H14ClN3S. The Hall–Kier alpha value is -1.26. The molecule has 0 radical (unpaired) electrons. The van der Waals surface area contributed by atoms with Crippen molar-refractivity contribution in [1.29, 1.82) is 0 Å². The van der Waals surface area contributed by atoms with Crippen LogP contribution >= 0.6 is 23.4 Å². The van der Waals surface area contributed by atoms with Gasteiger partial charge in [0.25, 0.3) is 0 Å². The molecule has 0 spiro atoms. The molecule has 0 aliphatic heterocycles. The minimum atomic E-state index is 0.685. The zero-order valence-corrected chi connectivity index (χ0v) is 11.6. The molecule has 2 heterocycles. The first-order valence-corrected chi connectivity index (χ1v) is 7.08. The van der Waals surface area contributed by atoms with Crippen LogP contribution in [-0.4, -0.2) is 16.5 Å². The summed E-state index contributed by atoms with van der Waals surface area (Å²) in [4.78, 5) is 8.57. The zero-order valence-electron chi connectivity index (χ0n) is 10.1. The van der Waals surface area contributed by atoms with Crippen LogP contribution in [0, 0.1) is 0 Å². The van der Waals surface area contributed by atoms with E-state index in [2.05, 4.69) is 22.2 Å². The zero-order chi connectivity index (χ0) is 12.8. The second kappa shape index (κ2) is 6.61. The smallest absolute Gasteiger partial charge is 0.115 e. The fraction of sp³-hybridized carbons (Fsp3) is 0.231. The molecule has 0 amide bonds. The Morgan fingerprint density at radius 2 is 2.17 bits per heavy atom. The van der Waals surface area contributed by atoms with Crippen molar-refractivity contribution in [2.45, 2.75) is 17.7 Å². The predicted molar refractivity (Wildman–Crippen MR) is 77.2 cm³/mol. The molecule has 0 aliphatic rings. The molecule has 0 fully saturated rings. The number of anilines is 1. The second-order valence-electron chi connectivity index (χ2n) is 3.65. The highest BCUT2D eigenvalue weighted by molar-refractivity contribution is 7.98. The predicted octanol–water partition coefficient (Wildman–Crippen LogP) is 3.85. The van der Waals surface area contributed by atoms with Gasteiger partial charge in [-0.1, -0.05) is 23.4 Å². The van der Waals surface area contributed by atoms with E-state index in [1.165, 1.54) is 0 Å². The summed E-state index contributed by atoms with van der Waals surface area (Å²) < 4.78 is 0. The molecule has 94 valence electrons. The fourth-order valence-electron chi connectivity index (χ4n) is 1.49. The molecular weight excluding hydrogens is 266 g/mol. The molecule has 0 unspecified atom stereocenters. The number of hydrogen-bond acceptors (Lipinski definition) is 4. The largest absolute Gasteiger partial charge is 0.385 e. The van der Waals surface area contributed by atoms with Crippen LogP contribution in [0.5, 0.6) is 0 Å². The Morgan fingerprint density at radius 1 is 1.28 bits per heavy atom. The van der Waals surface area contributed by atoms with Crippen molar-refractivity contribution in [2.24, 2.45) is 0 Å². The first-order chi connectivity index (χ1) is 8.79.